The molecule has 1 amide bonds. The van der Waals surface area contributed by atoms with Crippen LogP contribution in [0.1, 0.15) is 46.0 Å². The maximum absolute atomic E-state index is 12.0. The number of nitrogens with zero attached hydrogens (tertiary/aromatic N) is 1. The summed E-state index contributed by atoms with van der Waals surface area (Å²) in [5.41, 5.74) is 5.60. The molecule has 94 valence electrons. The minimum absolute atomic E-state index is 0.0745. The van der Waals surface area contributed by atoms with Gasteiger partial charge in [-0.05, 0) is 12.8 Å². The standard InChI is InChI=1S/C12H24N2OS/c1-4-6-7-9-14(3)12(15)10(8-5-2)11(13)16/h10H,4-9H2,1-3H3,(H2,13,16). The average Bonchev–Trinajstić information content (AvgIpc) is 2.24. The molecule has 0 aliphatic heterocycles. The molecule has 0 rings (SSSR count). The highest BCUT2D eigenvalue weighted by Gasteiger charge is 2.23. The molecule has 1 unspecified atom stereocenters. The van der Waals surface area contributed by atoms with Crippen LogP contribution in [0.15, 0.2) is 0 Å². The summed E-state index contributed by atoms with van der Waals surface area (Å²) >= 11 is 4.94. The summed E-state index contributed by atoms with van der Waals surface area (Å²) in [5.74, 6) is -0.197. The Hall–Kier alpha value is -0.640. The number of hydrogen-bond donors (Lipinski definition) is 1. The van der Waals surface area contributed by atoms with Crippen molar-refractivity contribution in [3.63, 3.8) is 0 Å². The van der Waals surface area contributed by atoms with E-state index in [0.29, 0.717) is 4.99 Å². The molecule has 0 radical (unpaired) electrons. The summed E-state index contributed by atoms with van der Waals surface area (Å²) in [6, 6.07) is 0. The van der Waals surface area contributed by atoms with Crippen molar-refractivity contribution in [3.05, 3.63) is 0 Å². The number of unbranched alkanes of at least 4 members (excludes halogenated alkanes) is 2. The van der Waals surface area contributed by atoms with Crippen molar-refractivity contribution < 1.29 is 4.79 Å². The van der Waals surface area contributed by atoms with Crippen LogP contribution in [0.25, 0.3) is 0 Å². The number of carbonyl (C=O) groups is 1. The summed E-state index contributed by atoms with van der Waals surface area (Å²) < 4.78 is 0. The van der Waals surface area contributed by atoms with Crippen LogP contribution in [-0.2, 0) is 4.79 Å². The van der Waals surface area contributed by atoms with Gasteiger partial charge in [-0.25, -0.2) is 0 Å². The van der Waals surface area contributed by atoms with Gasteiger partial charge < -0.3 is 10.6 Å². The molecule has 3 nitrogen and oxygen atoms in total. The van der Waals surface area contributed by atoms with Crippen molar-refractivity contribution in [1.82, 2.24) is 4.90 Å². The molecular weight excluding hydrogens is 220 g/mol. The number of amides is 1. The Morgan fingerprint density at radius 2 is 1.94 bits per heavy atom. The van der Waals surface area contributed by atoms with Crippen molar-refractivity contribution in [2.45, 2.75) is 46.0 Å². The molecule has 0 saturated heterocycles. The number of rotatable bonds is 8. The van der Waals surface area contributed by atoms with Gasteiger partial charge in [0.2, 0.25) is 5.91 Å². The van der Waals surface area contributed by atoms with Crippen LogP contribution >= 0.6 is 12.2 Å². The number of thiocarbonyl (C=S) groups is 1. The van der Waals surface area contributed by atoms with Crippen molar-refractivity contribution in [2.75, 3.05) is 13.6 Å². The first-order chi connectivity index (χ1) is 7.54. The number of carbonyl (C=O) groups excluding carboxylic acids is 1. The normalized spacial score (nSPS) is 12.2. The van der Waals surface area contributed by atoms with Gasteiger partial charge in [-0.2, -0.15) is 0 Å². The second-order valence-corrected chi connectivity index (χ2v) is 4.68. The van der Waals surface area contributed by atoms with E-state index >= 15 is 0 Å². The molecule has 16 heavy (non-hydrogen) atoms. The van der Waals surface area contributed by atoms with Crippen LogP contribution in [0.4, 0.5) is 0 Å². The van der Waals surface area contributed by atoms with Gasteiger partial charge in [0.1, 0.15) is 0 Å². The summed E-state index contributed by atoms with van der Waals surface area (Å²) in [6.45, 7) is 4.99. The molecule has 0 heterocycles. The first kappa shape index (κ1) is 15.4. The van der Waals surface area contributed by atoms with Crippen molar-refractivity contribution in [2.24, 2.45) is 11.7 Å². The first-order valence-corrected chi connectivity index (χ1v) is 6.49. The SMILES string of the molecule is CCCCCN(C)C(=O)C(CCC)C(N)=S. The molecule has 0 aromatic carbocycles. The molecular formula is C12H24N2OS. The highest BCUT2D eigenvalue weighted by molar-refractivity contribution is 7.80. The molecule has 0 saturated carbocycles. The van der Waals surface area contributed by atoms with E-state index in [1.54, 1.807) is 4.90 Å². The van der Waals surface area contributed by atoms with E-state index in [-0.39, 0.29) is 11.8 Å². The van der Waals surface area contributed by atoms with Crippen LogP contribution in [0, 0.1) is 5.92 Å². The van der Waals surface area contributed by atoms with Crippen molar-refractivity contribution in [3.8, 4) is 0 Å². The molecule has 1 atom stereocenters. The summed E-state index contributed by atoms with van der Waals surface area (Å²) in [7, 11) is 1.83. The smallest absolute Gasteiger partial charge is 0.232 e. The maximum Gasteiger partial charge on any atom is 0.232 e. The Bertz CT molecular complexity index is 231. The Kier molecular flexibility index (Phi) is 8.16. The molecule has 0 aliphatic rings. The zero-order valence-corrected chi connectivity index (χ0v) is 11.5. The molecule has 0 aromatic heterocycles. The van der Waals surface area contributed by atoms with Gasteiger partial charge in [-0.3, -0.25) is 4.79 Å². The largest absolute Gasteiger partial charge is 0.393 e. The topological polar surface area (TPSA) is 46.3 Å². The molecule has 4 heteroatoms. The van der Waals surface area contributed by atoms with Crippen molar-refractivity contribution in [1.29, 1.82) is 0 Å². The highest BCUT2D eigenvalue weighted by Crippen LogP contribution is 2.11. The Morgan fingerprint density at radius 1 is 1.31 bits per heavy atom. The molecule has 0 aromatic rings. The summed E-state index contributed by atoms with van der Waals surface area (Å²) in [5, 5.41) is 0. The molecule has 2 N–H and O–H groups in total. The maximum atomic E-state index is 12.0. The van der Waals surface area contributed by atoms with E-state index in [1.807, 2.05) is 14.0 Å². The van der Waals surface area contributed by atoms with E-state index in [0.717, 1.165) is 38.6 Å². The zero-order valence-electron chi connectivity index (χ0n) is 10.7. The molecule has 0 fully saturated rings. The van der Waals surface area contributed by atoms with Crippen LogP contribution in [0.5, 0.6) is 0 Å². The second-order valence-electron chi connectivity index (χ2n) is 4.21. The van der Waals surface area contributed by atoms with E-state index in [1.165, 1.54) is 0 Å². The molecule has 0 aliphatic carbocycles. The van der Waals surface area contributed by atoms with E-state index in [4.69, 9.17) is 18.0 Å². The van der Waals surface area contributed by atoms with Crippen LogP contribution < -0.4 is 5.73 Å². The van der Waals surface area contributed by atoms with Crippen molar-refractivity contribution >= 4 is 23.1 Å². The lowest BCUT2D eigenvalue weighted by Crippen LogP contribution is -2.39. The second kappa shape index (κ2) is 8.50. The first-order valence-electron chi connectivity index (χ1n) is 6.08. The van der Waals surface area contributed by atoms with E-state index in [9.17, 15) is 4.79 Å². The predicted octanol–water partition coefficient (Wildman–Crippen LogP) is 2.34. The Morgan fingerprint density at radius 3 is 2.38 bits per heavy atom. The zero-order chi connectivity index (χ0) is 12.6. The lowest BCUT2D eigenvalue weighted by Gasteiger charge is -2.22. The Balaban J connectivity index is 4.20. The minimum atomic E-state index is -0.272. The lowest BCUT2D eigenvalue weighted by molar-refractivity contribution is -0.132. The van der Waals surface area contributed by atoms with E-state index in [2.05, 4.69) is 6.92 Å². The Labute approximate surface area is 104 Å². The van der Waals surface area contributed by atoms with Crippen LogP contribution in [0.3, 0.4) is 0 Å². The monoisotopic (exact) mass is 244 g/mol. The average molecular weight is 244 g/mol. The van der Waals surface area contributed by atoms with Gasteiger partial charge in [-0.15, -0.1) is 0 Å². The number of nitrogens with two attached hydrogens (primary N) is 1. The summed E-state index contributed by atoms with van der Waals surface area (Å²) in [6.07, 6.45) is 5.05. The quantitative estimate of drug-likeness (QED) is 0.526. The molecule has 0 bridgehead atoms. The fourth-order valence-corrected chi connectivity index (χ4v) is 1.87. The fourth-order valence-electron chi connectivity index (χ4n) is 1.65. The minimum Gasteiger partial charge on any atom is -0.393 e. The van der Waals surface area contributed by atoms with Gasteiger partial charge in [0.15, 0.2) is 0 Å². The van der Waals surface area contributed by atoms with Crippen LogP contribution in [0.2, 0.25) is 0 Å². The van der Waals surface area contributed by atoms with Gasteiger partial charge in [0, 0.05) is 13.6 Å². The van der Waals surface area contributed by atoms with Gasteiger partial charge in [-0.1, -0.05) is 45.3 Å². The third kappa shape index (κ3) is 5.45. The predicted molar refractivity (Wildman–Crippen MR) is 72.3 cm³/mol. The lowest BCUT2D eigenvalue weighted by atomic mass is 10.0. The third-order valence-corrected chi connectivity index (χ3v) is 2.98. The van der Waals surface area contributed by atoms with Crippen LogP contribution in [-0.4, -0.2) is 29.4 Å². The highest BCUT2D eigenvalue weighted by atomic mass is 32.1. The summed E-state index contributed by atoms with van der Waals surface area (Å²) in [4.78, 5) is 14.1. The van der Waals surface area contributed by atoms with Gasteiger partial charge in [0.25, 0.3) is 0 Å². The molecule has 0 spiro atoms. The third-order valence-electron chi connectivity index (χ3n) is 2.69. The van der Waals surface area contributed by atoms with E-state index < -0.39 is 0 Å². The number of hydrogen-bond acceptors (Lipinski definition) is 2. The fraction of sp³-hybridized carbons (Fsp3) is 0.833. The van der Waals surface area contributed by atoms with Gasteiger partial charge >= 0.3 is 0 Å². The van der Waals surface area contributed by atoms with Gasteiger partial charge in [0.05, 0.1) is 10.9 Å².